The van der Waals surface area contributed by atoms with Crippen LogP contribution >= 0.6 is 11.6 Å². The van der Waals surface area contributed by atoms with Gasteiger partial charge < -0.3 is 5.32 Å². The van der Waals surface area contributed by atoms with E-state index in [1.54, 1.807) is 0 Å². The van der Waals surface area contributed by atoms with Gasteiger partial charge in [0.1, 0.15) is 0 Å². The quantitative estimate of drug-likeness (QED) is 0.748. The molecular weight excluding hydrogens is 194 g/mol. The lowest BCUT2D eigenvalue weighted by atomic mass is 10.00. The van der Waals surface area contributed by atoms with Gasteiger partial charge in [-0.2, -0.15) is 0 Å². The van der Waals surface area contributed by atoms with Crippen LogP contribution < -0.4 is 5.32 Å². The van der Waals surface area contributed by atoms with Crippen molar-refractivity contribution < 1.29 is 0 Å². The average Bonchev–Trinajstić information content (AvgIpc) is 2.66. The van der Waals surface area contributed by atoms with Crippen LogP contribution in [0.25, 0.3) is 0 Å². The number of aryl methyl sites for hydroxylation is 1. The summed E-state index contributed by atoms with van der Waals surface area (Å²) in [6.07, 6.45) is 2.51. The maximum atomic E-state index is 6.17. The van der Waals surface area contributed by atoms with Gasteiger partial charge in [-0.25, -0.2) is 0 Å². The maximum absolute atomic E-state index is 6.17. The molecule has 0 bridgehead atoms. The monoisotopic (exact) mass is 209 g/mol. The number of hydrogen-bond acceptors (Lipinski definition) is 1. The number of hydrogen-bond donors (Lipinski definition) is 1. The van der Waals surface area contributed by atoms with Crippen LogP contribution in [0.3, 0.4) is 0 Å². The number of nitrogens with one attached hydrogen (secondary N) is 1. The predicted octanol–water partition coefficient (Wildman–Crippen LogP) is 3.38. The van der Waals surface area contributed by atoms with Gasteiger partial charge in [0.05, 0.1) is 0 Å². The van der Waals surface area contributed by atoms with Crippen molar-refractivity contribution in [2.75, 3.05) is 6.54 Å². The fourth-order valence-corrected chi connectivity index (χ4v) is 2.29. The van der Waals surface area contributed by atoms with Crippen molar-refractivity contribution in [2.24, 2.45) is 0 Å². The fraction of sp³-hybridized carbons (Fsp3) is 0.500. The van der Waals surface area contributed by atoms with Crippen molar-refractivity contribution in [2.45, 2.75) is 32.7 Å². The first-order valence-electron chi connectivity index (χ1n) is 5.18. The Morgan fingerprint density at radius 2 is 2.14 bits per heavy atom. The van der Waals surface area contributed by atoms with E-state index >= 15 is 0 Å². The molecule has 1 saturated heterocycles. The first-order valence-corrected chi connectivity index (χ1v) is 5.56. The lowest BCUT2D eigenvalue weighted by Gasteiger charge is -2.13. The molecule has 2 heteroatoms. The Balaban J connectivity index is 2.34. The van der Waals surface area contributed by atoms with E-state index in [9.17, 15) is 0 Å². The first kappa shape index (κ1) is 10.0. The zero-order valence-electron chi connectivity index (χ0n) is 8.73. The van der Waals surface area contributed by atoms with Gasteiger partial charge in [-0.15, -0.1) is 0 Å². The molecule has 1 aromatic rings. The molecule has 76 valence electrons. The van der Waals surface area contributed by atoms with E-state index in [0.717, 1.165) is 11.6 Å². The highest BCUT2D eigenvalue weighted by Gasteiger charge is 2.17. The lowest BCUT2D eigenvalue weighted by Crippen LogP contribution is -2.13. The summed E-state index contributed by atoms with van der Waals surface area (Å²) in [7, 11) is 0. The van der Waals surface area contributed by atoms with E-state index in [2.05, 4.69) is 31.3 Å². The zero-order valence-corrected chi connectivity index (χ0v) is 9.49. The topological polar surface area (TPSA) is 12.0 Å². The van der Waals surface area contributed by atoms with Crippen LogP contribution in [0.4, 0.5) is 0 Å². The van der Waals surface area contributed by atoms with Gasteiger partial charge in [-0.1, -0.05) is 17.7 Å². The Bertz CT molecular complexity index is 317. The van der Waals surface area contributed by atoms with Crippen LogP contribution in [-0.2, 0) is 0 Å². The van der Waals surface area contributed by atoms with Gasteiger partial charge in [0, 0.05) is 11.1 Å². The van der Waals surface area contributed by atoms with Gasteiger partial charge in [0.15, 0.2) is 0 Å². The third-order valence-corrected chi connectivity index (χ3v) is 3.48. The Hall–Kier alpha value is -0.530. The summed E-state index contributed by atoms with van der Waals surface area (Å²) in [5.41, 5.74) is 3.84. The number of rotatable bonds is 1. The maximum Gasteiger partial charge on any atom is 0.0441 e. The van der Waals surface area contributed by atoms with Crippen molar-refractivity contribution in [1.29, 1.82) is 0 Å². The first-order chi connectivity index (χ1) is 6.68. The fourth-order valence-electron chi connectivity index (χ4n) is 2.01. The molecule has 1 unspecified atom stereocenters. The molecule has 0 aromatic heterocycles. The van der Waals surface area contributed by atoms with Crippen LogP contribution in [0.15, 0.2) is 12.1 Å². The molecule has 1 aromatic carbocycles. The summed E-state index contributed by atoms with van der Waals surface area (Å²) in [6.45, 7) is 5.33. The predicted molar refractivity (Wildman–Crippen MR) is 60.9 cm³/mol. The number of halogens is 1. The lowest BCUT2D eigenvalue weighted by molar-refractivity contribution is 0.647. The molecule has 1 fully saturated rings. The van der Waals surface area contributed by atoms with Crippen LogP contribution in [0.2, 0.25) is 5.02 Å². The molecule has 0 saturated carbocycles. The molecule has 1 nitrogen and oxygen atoms in total. The van der Waals surface area contributed by atoms with Crippen LogP contribution in [0, 0.1) is 13.8 Å². The second kappa shape index (κ2) is 3.92. The third-order valence-electron chi connectivity index (χ3n) is 3.09. The third kappa shape index (κ3) is 1.79. The molecular formula is C12H16ClN. The van der Waals surface area contributed by atoms with Crippen molar-refractivity contribution >= 4 is 11.6 Å². The Labute approximate surface area is 90.5 Å². The SMILES string of the molecule is Cc1cc(C2CCCN2)cc(Cl)c1C. The molecule has 1 N–H and O–H groups in total. The smallest absolute Gasteiger partial charge is 0.0441 e. The van der Waals surface area contributed by atoms with Gasteiger partial charge in [0.2, 0.25) is 0 Å². The minimum Gasteiger partial charge on any atom is -0.310 e. The van der Waals surface area contributed by atoms with Crippen molar-refractivity contribution in [3.63, 3.8) is 0 Å². The van der Waals surface area contributed by atoms with Crippen molar-refractivity contribution in [3.8, 4) is 0 Å². The largest absolute Gasteiger partial charge is 0.310 e. The summed E-state index contributed by atoms with van der Waals surface area (Å²) < 4.78 is 0. The molecule has 1 atom stereocenters. The van der Waals surface area contributed by atoms with Crippen LogP contribution in [0.1, 0.15) is 35.6 Å². The highest BCUT2D eigenvalue weighted by Crippen LogP contribution is 2.28. The van der Waals surface area contributed by atoms with E-state index in [4.69, 9.17) is 11.6 Å². The summed E-state index contributed by atoms with van der Waals surface area (Å²) in [4.78, 5) is 0. The van der Waals surface area contributed by atoms with E-state index in [0.29, 0.717) is 6.04 Å². The Kier molecular flexibility index (Phi) is 2.80. The van der Waals surface area contributed by atoms with Gasteiger partial charge in [-0.05, 0) is 56.0 Å². The van der Waals surface area contributed by atoms with Gasteiger partial charge in [-0.3, -0.25) is 0 Å². The van der Waals surface area contributed by atoms with E-state index in [1.165, 1.54) is 29.5 Å². The molecule has 1 aliphatic heterocycles. The Morgan fingerprint density at radius 1 is 1.36 bits per heavy atom. The van der Waals surface area contributed by atoms with Crippen molar-refractivity contribution in [3.05, 3.63) is 33.8 Å². The zero-order chi connectivity index (χ0) is 10.1. The summed E-state index contributed by atoms with van der Waals surface area (Å²) in [5.74, 6) is 0. The summed E-state index contributed by atoms with van der Waals surface area (Å²) in [5, 5.41) is 4.39. The summed E-state index contributed by atoms with van der Waals surface area (Å²) >= 11 is 6.17. The molecule has 0 aliphatic carbocycles. The van der Waals surface area contributed by atoms with E-state index in [-0.39, 0.29) is 0 Å². The molecule has 2 rings (SSSR count). The Morgan fingerprint density at radius 3 is 2.71 bits per heavy atom. The van der Waals surface area contributed by atoms with Gasteiger partial charge >= 0.3 is 0 Å². The second-order valence-corrected chi connectivity index (χ2v) is 4.50. The van der Waals surface area contributed by atoms with Crippen molar-refractivity contribution in [1.82, 2.24) is 5.32 Å². The highest BCUT2D eigenvalue weighted by molar-refractivity contribution is 6.31. The second-order valence-electron chi connectivity index (χ2n) is 4.09. The highest BCUT2D eigenvalue weighted by atomic mass is 35.5. The van der Waals surface area contributed by atoms with E-state index < -0.39 is 0 Å². The average molecular weight is 210 g/mol. The molecule has 0 radical (unpaired) electrons. The van der Waals surface area contributed by atoms with E-state index in [1.807, 2.05) is 0 Å². The van der Waals surface area contributed by atoms with Crippen LogP contribution in [-0.4, -0.2) is 6.54 Å². The molecule has 1 aliphatic rings. The minimum atomic E-state index is 0.520. The normalized spacial score (nSPS) is 21.5. The molecule has 0 amide bonds. The summed E-state index contributed by atoms with van der Waals surface area (Å²) in [6, 6.07) is 4.88. The van der Waals surface area contributed by atoms with Gasteiger partial charge in [0.25, 0.3) is 0 Å². The molecule has 1 heterocycles. The standard InChI is InChI=1S/C12H16ClN/c1-8-6-10(7-11(13)9(8)2)12-4-3-5-14-12/h6-7,12,14H,3-5H2,1-2H3. The molecule has 14 heavy (non-hydrogen) atoms. The molecule has 0 spiro atoms. The van der Waals surface area contributed by atoms with Crippen LogP contribution in [0.5, 0.6) is 0 Å². The minimum absolute atomic E-state index is 0.520. The number of benzene rings is 1.